The van der Waals surface area contributed by atoms with Crippen molar-refractivity contribution in [3.05, 3.63) is 23.8 Å². The summed E-state index contributed by atoms with van der Waals surface area (Å²) in [5.41, 5.74) is 1.16. The van der Waals surface area contributed by atoms with Crippen LogP contribution >= 0.6 is 0 Å². The molecule has 5 heteroatoms. The maximum Gasteiger partial charge on any atom is 0.303 e. The van der Waals surface area contributed by atoms with Crippen molar-refractivity contribution in [1.82, 2.24) is 0 Å². The molecule has 26 heavy (non-hydrogen) atoms. The first-order valence-corrected chi connectivity index (χ1v) is 10.1. The largest absolute Gasteiger partial charge is 0.481 e. The number of fused-ring (bicyclic) bond motifs is 1. The fourth-order valence-corrected chi connectivity index (χ4v) is 4.05. The molecule has 0 unspecified atom stereocenters. The van der Waals surface area contributed by atoms with E-state index in [2.05, 4.69) is 13.0 Å². The van der Waals surface area contributed by atoms with E-state index >= 15 is 0 Å². The quantitative estimate of drug-likeness (QED) is 0.407. The molecular formula is C21H34O5. The third-order valence-electron chi connectivity index (χ3n) is 5.60. The molecule has 0 saturated heterocycles. The highest BCUT2D eigenvalue weighted by Gasteiger charge is 2.42. The van der Waals surface area contributed by atoms with Crippen LogP contribution in [-0.4, -0.2) is 46.2 Å². The number of carbonyl (C=O) groups is 1. The molecule has 5 nitrogen and oxygen atoms in total. The van der Waals surface area contributed by atoms with Crippen molar-refractivity contribution in [1.29, 1.82) is 0 Å². The van der Waals surface area contributed by atoms with Gasteiger partial charge in [-0.05, 0) is 37.2 Å². The van der Waals surface area contributed by atoms with Crippen molar-refractivity contribution in [2.75, 3.05) is 6.61 Å². The Hall–Kier alpha value is -1.17. The SMILES string of the molecule is CCCCC[C@H](O)C=C[C@@H]1[C@H]2CC=C(CCCC(=O)O)CO[C@H]2C[C@H]1O. The molecule has 2 rings (SSSR count). The summed E-state index contributed by atoms with van der Waals surface area (Å²) in [4.78, 5) is 10.7. The zero-order valence-corrected chi connectivity index (χ0v) is 15.8. The summed E-state index contributed by atoms with van der Waals surface area (Å²) in [5.74, 6) is -0.528. The Bertz CT molecular complexity index is 499. The Morgan fingerprint density at radius 3 is 2.92 bits per heavy atom. The molecule has 1 fully saturated rings. The molecule has 0 aromatic rings. The van der Waals surface area contributed by atoms with Crippen molar-refractivity contribution in [2.24, 2.45) is 11.8 Å². The van der Waals surface area contributed by atoms with Crippen molar-refractivity contribution in [3.8, 4) is 0 Å². The molecule has 1 saturated carbocycles. The lowest BCUT2D eigenvalue weighted by Crippen LogP contribution is -2.21. The van der Waals surface area contributed by atoms with E-state index in [1.807, 2.05) is 12.2 Å². The molecule has 0 bridgehead atoms. The topological polar surface area (TPSA) is 87.0 Å². The monoisotopic (exact) mass is 366 g/mol. The summed E-state index contributed by atoms with van der Waals surface area (Å²) < 4.78 is 6.01. The lowest BCUT2D eigenvalue weighted by molar-refractivity contribution is -0.137. The summed E-state index contributed by atoms with van der Waals surface area (Å²) in [6.07, 6.45) is 12.3. The first-order chi connectivity index (χ1) is 12.5. The van der Waals surface area contributed by atoms with E-state index < -0.39 is 18.2 Å². The van der Waals surface area contributed by atoms with Crippen LogP contribution in [0.5, 0.6) is 0 Å². The smallest absolute Gasteiger partial charge is 0.303 e. The van der Waals surface area contributed by atoms with Gasteiger partial charge in [0, 0.05) is 18.8 Å². The van der Waals surface area contributed by atoms with Crippen molar-refractivity contribution < 1.29 is 24.9 Å². The minimum absolute atomic E-state index is 0.00967. The van der Waals surface area contributed by atoms with Crippen LogP contribution in [0.4, 0.5) is 0 Å². The van der Waals surface area contributed by atoms with E-state index in [4.69, 9.17) is 9.84 Å². The van der Waals surface area contributed by atoms with Crippen LogP contribution < -0.4 is 0 Å². The van der Waals surface area contributed by atoms with Crippen molar-refractivity contribution in [3.63, 3.8) is 0 Å². The van der Waals surface area contributed by atoms with Crippen LogP contribution in [0, 0.1) is 11.8 Å². The van der Waals surface area contributed by atoms with Crippen LogP contribution in [0.3, 0.4) is 0 Å². The molecule has 1 aliphatic heterocycles. The first kappa shape index (κ1) is 21.1. The number of hydrogen-bond donors (Lipinski definition) is 3. The number of carboxylic acids is 1. The molecule has 0 spiro atoms. The van der Waals surface area contributed by atoms with Gasteiger partial charge in [0.25, 0.3) is 0 Å². The number of rotatable bonds is 10. The van der Waals surface area contributed by atoms with Gasteiger partial charge in [0.05, 0.1) is 24.9 Å². The predicted molar refractivity (Wildman–Crippen MR) is 101 cm³/mol. The third kappa shape index (κ3) is 6.53. The van der Waals surface area contributed by atoms with Gasteiger partial charge in [-0.2, -0.15) is 0 Å². The summed E-state index contributed by atoms with van der Waals surface area (Å²) in [6.45, 7) is 2.68. The van der Waals surface area contributed by atoms with E-state index in [-0.39, 0.29) is 24.4 Å². The molecule has 1 aliphatic carbocycles. The zero-order chi connectivity index (χ0) is 18.9. The standard InChI is InChI=1S/C21H34O5/c1-2-3-4-7-16(22)10-12-17-18-11-9-15(6-5-8-21(24)25)14-26-20(18)13-19(17)23/h9-10,12,16-20,22-23H,2-8,11,13-14H2,1H3,(H,24,25)/t16-,17+,18+,19+,20-/m0/s1. The van der Waals surface area contributed by atoms with Crippen molar-refractivity contribution in [2.45, 2.75) is 83.0 Å². The second-order valence-corrected chi connectivity index (χ2v) is 7.69. The van der Waals surface area contributed by atoms with Gasteiger partial charge in [0.15, 0.2) is 0 Å². The Kier molecular flexibility index (Phi) is 8.82. The molecule has 0 radical (unpaired) electrons. The highest BCUT2D eigenvalue weighted by molar-refractivity contribution is 5.66. The van der Waals surface area contributed by atoms with E-state index in [0.717, 1.165) is 44.1 Å². The molecular weight excluding hydrogens is 332 g/mol. The van der Waals surface area contributed by atoms with Crippen LogP contribution in [0.15, 0.2) is 23.8 Å². The molecule has 2 aliphatic rings. The lowest BCUT2D eigenvalue weighted by atomic mass is 9.89. The van der Waals surface area contributed by atoms with Crippen LogP contribution in [0.2, 0.25) is 0 Å². The maximum absolute atomic E-state index is 10.7. The number of aliphatic carboxylic acids is 1. The normalized spacial score (nSPS) is 30.0. The molecule has 3 N–H and O–H groups in total. The van der Waals surface area contributed by atoms with E-state index in [0.29, 0.717) is 19.4 Å². The Morgan fingerprint density at radius 1 is 1.38 bits per heavy atom. The highest BCUT2D eigenvalue weighted by atomic mass is 16.5. The van der Waals surface area contributed by atoms with Crippen LogP contribution in [-0.2, 0) is 9.53 Å². The summed E-state index contributed by atoms with van der Waals surface area (Å²) in [7, 11) is 0. The Labute approximate surface area is 156 Å². The summed E-state index contributed by atoms with van der Waals surface area (Å²) >= 11 is 0. The van der Waals surface area contributed by atoms with Gasteiger partial charge >= 0.3 is 5.97 Å². The van der Waals surface area contributed by atoms with Gasteiger partial charge in [-0.1, -0.05) is 44.4 Å². The van der Waals surface area contributed by atoms with Crippen molar-refractivity contribution >= 4 is 5.97 Å². The number of carboxylic acid groups (broad SMARTS) is 1. The van der Waals surface area contributed by atoms with Gasteiger partial charge in [-0.25, -0.2) is 0 Å². The number of aliphatic hydroxyl groups is 2. The van der Waals surface area contributed by atoms with Crippen LogP contribution in [0.1, 0.15) is 64.7 Å². The minimum Gasteiger partial charge on any atom is -0.481 e. The van der Waals surface area contributed by atoms with Gasteiger partial charge < -0.3 is 20.1 Å². The number of hydrogen-bond acceptors (Lipinski definition) is 4. The Balaban J connectivity index is 1.89. The fourth-order valence-electron chi connectivity index (χ4n) is 4.05. The second kappa shape index (κ2) is 10.9. The number of unbranched alkanes of at least 4 members (excludes halogenated alkanes) is 2. The van der Waals surface area contributed by atoms with E-state index in [1.54, 1.807) is 0 Å². The average molecular weight is 366 g/mol. The third-order valence-corrected chi connectivity index (χ3v) is 5.60. The lowest BCUT2D eigenvalue weighted by Gasteiger charge is -2.20. The zero-order valence-electron chi connectivity index (χ0n) is 15.8. The number of ether oxygens (including phenoxy) is 1. The minimum atomic E-state index is -0.761. The second-order valence-electron chi connectivity index (χ2n) is 7.69. The predicted octanol–water partition coefficient (Wildman–Crippen LogP) is 3.45. The molecule has 5 atom stereocenters. The molecule has 0 aromatic heterocycles. The van der Waals surface area contributed by atoms with Gasteiger partial charge in [0.1, 0.15) is 0 Å². The summed E-state index contributed by atoms with van der Waals surface area (Å²) in [6, 6.07) is 0. The van der Waals surface area contributed by atoms with Gasteiger partial charge in [-0.15, -0.1) is 0 Å². The van der Waals surface area contributed by atoms with E-state index in [9.17, 15) is 15.0 Å². The fraction of sp³-hybridized carbons (Fsp3) is 0.762. The van der Waals surface area contributed by atoms with E-state index in [1.165, 1.54) is 0 Å². The van der Waals surface area contributed by atoms with Gasteiger partial charge in [-0.3, -0.25) is 4.79 Å². The number of allylic oxidation sites excluding steroid dienone is 1. The average Bonchev–Trinajstić information content (AvgIpc) is 2.75. The first-order valence-electron chi connectivity index (χ1n) is 10.1. The molecule has 0 amide bonds. The van der Waals surface area contributed by atoms with Gasteiger partial charge in [0.2, 0.25) is 0 Å². The van der Waals surface area contributed by atoms with Crippen LogP contribution in [0.25, 0.3) is 0 Å². The summed E-state index contributed by atoms with van der Waals surface area (Å²) in [5, 5.41) is 29.3. The Morgan fingerprint density at radius 2 is 2.19 bits per heavy atom. The molecule has 148 valence electrons. The molecule has 1 heterocycles. The molecule has 0 aromatic carbocycles. The number of aliphatic hydroxyl groups excluding tert-OH is 2. The highest BCUT2D eigenvalue weighted by Crippen LogP contribution is 2.40. The maximum atomic E-state index is 10.7.